The number of ether oxygens (including phenoxy) is 1. The zero-order chi connectivity index (χ0) is 29.6. The lowest BCUT2D eigenvalue weighted by atomic mass is 10.0. The zero-order valence-corrected chi connectivity index (χ0v) is 23.7. The smallest absolute Gasteiger partial charge is 0.150 e. The van der Waals surface area contributed by atoms with Gasteiger partial charge in [0, 0.05) is 28.2 Å². The Bertz CT molecular complexity index is 1730. The van der Waals surface area contributed by atoms with Crippen molar-refractivity contribution >= 4 is 29.6 Å². The normalized spacial score (nSPS) is 10.6. The van der Waals surface area contributed by atoms with E-state index in [0.29, 0.717) is 11.1 Å². The summed E-state index contributed by atoms with van der Waals surface area (Å²) in [5.74, 6) is 0.831. The van der Waals surface area contributed by atoms with Crippen LogP contribution in [-0.4, -0.2) is 19.7 Å². The average Bonchev–Trinajstić information content (AvgIpc) is 3.09. The topological polar surface area (TPSA) is 46.6 Å². The first-order chi connectivity index (χ1) is 21.1. The first kappa shape index (κ1) is 27.4. The fourth-order valence-corrected chi connectivity index (χ4v) is 5.15. The van der Waals surface area contributed by atoms with E-state index in [1.165, 1.54) is 0 Å². The minimum Gasteiger partial charge on any atom is -0.497 e. The Kier molecular flexibility index (Phi) is 7.92. The van der Waals surface area contributed by atoms with E-state index in [9.17, 15) is 9.59 Å². The lowest BCUT2D eigenvalue weighted by Gasteiger charge is -2.26. The van der Waals surface area contributed by atoms with Gasteiger partial charge in [0.25, 0.3) is 0 Å². The van der Waals surface area contributed by atoms with Crippen molar-refractivity contribution in [2.45, 2.75) is 0 Å². The number of hydrogen-bond donors (Lipinski definition) is 0. The van der Waals surface area contributed by atoms with Gasteiger partial charge in [-0.15, -0.1) is 0 Å². The number of hydrogen-bond acceptors (Lipinski definition) is 4. The molecule has 0 aliphatic carbocycles. The van der Waals surface area contributed by atoms with Gasteiger partial charge in [-0.25, -0.2) is 0 Å². The number of methoxy groups -OCH3 is 1. The summed E-state index contributed by atoms with van der Waals surface area (Å²) in [6, 6.07) is 48.7. The Morgan fingerprint density at radius 2 is 0.651 bits per heavy atom. The molecule has 4 heteroatoms. The van der Waals surface area contributed by atoms with Crippen molar-refractivity contribution in [3.8, 4) is 39.1 Å². The molecule has 6 aromatic carbocycles. The van der Waals surface area contributed by atoms with Gasteiger partial charge in [0.05, 0.1) is 7.11 Å². The molecule has 0 N–H and O–H groups in total. The summed E-state index contributed by atoms with van der Waals surface area (Å²) in [6.45, 7) is 0. The van der Waals surface area contributed by atoms with E-state index in [1.807, 2.05) is 60.7 Å². The van der Waals surface area contributed by atoms with Crippen molar-refractivity contribution < 1.29 is 14.3 Å². The molecule has 0 heterocycles. The Morgan fingerprint density at radius 1 is 0.395 bits per heavy atom. The first-order valence-electron chi connectivity index (χ1n) is 14.0. The molecule has 0 fully saturated rings. The Hall–Kier alpha value is -5.74. The molecule has 208 valence electrons. The molecule has 0 atom stereocenters. The molecule has 0 bridgehead atoms. The lowest BCUT2D eigenvalue weighted by molar-refractivity contribution is 0.111. The van der Waals surface area contributed by atoms with E-state index in [2.05, 4.69) is 89.8 Å². The molecular weight excluding hydrogens is 530 g/mol. The molecule has 0 radical (unpaired) electrons. The van der Waals surface area contributed by atoms with E-state index < -0.39 is 0 Å². The molecule has 0 spiro atoms. The predicted octanol–water partition coefficient (Wildman–Crippen LogP) is 9.79. The van der Waals surface area contributed by atoms with Crippen LogP contribution in [0.3, 0.4) is 0 Å². The Morgan fingerprint density at radius 3 is 0.907 bits per heavy atom. The van der Waals surface area contributed by atoms with Crippen LogP contribution in [0.4, 0.5) is 17.1 Å². The van der Waals surface area contributed by atoms with Gasteiger partial charge in [-0.3, -0.25) is 9.59 Å². The molecule has 0 saturated heterocycles. The minimum atomic E-state index is 0.660. The van der Waals surface area contributed by atoms with Gasteiger partial charge in [-0.05, 0) is 81.9 Å². The van der Waals surface area contributed by atoms with Crippen LogP contribution < -0.4 is 9.64 Å². The number of benzene rings is 6. The maximum Gasteiger partial charge on any atom is 0.150 e. The van der Waals surface area contributed by atoms with Gasteiger partial charge in [-0.2, -0.15) is 0 Å². The third-order valence-corrected chi connectivity index (χ3v) is 7.56. The van der Waals surface area contributed by atoms with E-state index in [0.717, 1.165) is 68.8 Å². The van der Waals surface area contributed by atoms with Gasteiger partial charge in [0.1, 0.15) is 18.3 Å². The Labute approximate surface area is 251 Å². The van der Waals surface area contributed by atoms with Crippen LogP contribution in [0.25, 0.3) is 33.4 Å². The Balaban J connectivity index is 1.35. The van der Waals surface area contributed by atoms with Gasteiger partial charge in [0.2, 0.25) is 0 Å². The number of nitrogens with zero attached hydrogens (tertiary/aromatic N) is 1. The van der Waals surface area contributed by atoms with Gasteiger partial charge >= 0.3 is 0 Å². The van der Waals surface area contributed by atoms with Crippen molar-refractivity contribution in [2.75, 3.05) is 12.0 Å². The zero-order valence-electron chi connectivity index (χ0n) is 23.7. The summed E-state index contributed by atoms with van der Waals surface area (Å²) >= 11 is 0. The van der Waals surface area contributed by atoms with Crippen molar-refractivity contribution in [1.82, 2.24) is 0 Å². The third kappa shape index (κ3) is 5.99. The van der Waals surface area contributed by atoms with Crippen LogP contribution in [0.5, 0.6) is 5.75 Å². The monoisotopic (exact) mass is 559 g/mol. The minimum absolute atomic E-state index is 0.660. The maximum atomic E-state index is 11.1. The number of carbonyl (C=O) groups is 2. The van der Waals surface area contributed by atoms with E-state index in [-0.39, 0.29) is 0 Å². The van der Waals surface area contributed by atoms with Crippen molar-refractivity contribution in [1.29, 1.82) is 0 Å². The van der Waals surface area contributed by atoms with Gasteiger partial charge < -0.3 is 9.64 Å². The van der Waals surface area contributed by atoms with Gasteiger partial charge in [-0.1, -0.05) is 97.1 Å². The standard InChI is InChI=1S/C39H29NO3/c1-43-39-24-16-35(17-25-39)34-14-22-38(23-15-34)40(36-18-10-32(11-19-36)30-6-2-28(26-41)3-7-30)37-20-12-33(13-21-37)31-8-4-29(27-42)5-9-31/h2-27H,1H3. The second kappa shape index (κ2) is 12.4. The summed E-state index contributed by atoms with van der Waals surface area (Å²) in [7, 11) is 1.67. The van der Waals surface area contributed by atoms with Gasteiger partial charge in [0.15, 0.2) is 0 Å². The highest BCUT2D eigenvalue weighted by molar-refractivity contribution is 5.82. The second-order valence-electron chi connectivity index (χ2n) is 10.2. The molecule has 0 amide bonds. The predicted molar refractivity (Wildman–Crippen MR) is 175 cm³/mol. The summed E-state index contributed by atoms with van der Waals surface area (Å²) in [5.41, 5.74) is 10.9. The fraction of sp³-hybridized carbons (Fsp3) is 0.0256. The largest absolute Gasteiger partial charge is 0.497 e. The first-order valence-corrected chi connectivity index (χ1v) is 14.0. The van der Waals surface area contributed by atoms with E-state index >= 15 is 0 Å². The summed E-state index contributed by atoms with van der Waals surface area (Å²) in [4.78, 5) is 24.4. The highest BCUT2D eigenvalue weighted by Crippen LogP contribution is 2.37. The van der Waals surface area contributed by atoms with Crippen LogP contribution in [0.15, 0.2) is 146 Å². The quantitative estimate of drug-likeness (QED) is 0.165. The fourth-order valence-electron chi connectivity index (χ4n) is 5.15. The number of carbonyl (C=O) groups excluding carboxylic acids is 2. The summed E-state index contributed by atoms with van der Waals surface area (Å²) < 4.78 is 5.31. The molecule has 4 nitrogen and oxygen atoms in total. The van der Waals surface area contributed by atoms with Crippen LogP contribution in [-0.2, 0) is 0 Å². The molecule has 0 aliphatic heterocycles. The average molecular weight is 560 g/mol. The summed E-state index contributed by atoms with van der Waals surface area (Å²) in [6.07, 6.45) is 1.71. The molecule has 0 unspecified atom stereocenters. The SMILES string of the molecule is COc1ccc(-c2ccc(N(c3ccc(-c4ccc(C=O)cc4)cc3)c3ccc(-c4ccc(C=O)cc4)cc3)cc2)cc1. The number of anilines is 3. The molecule has 0 aromatic heterocycles. The molecule has 43 heavy (non-hydrogen) atoms. The molecule has 0 aliphatic rings. The van der Waals surface area contributed by atoms with Crippen LogP contribution in [0, 0.1) is 0 Å². The van der Waals surface area contributed by atoms with Crippen LogP contribution in [0.2, 0.25) is 0 Å². The highest BCUT2D eigenvalue weighted by Gasteiger charge is 2.14. The molecule has 6 aromatic rings. The molecule has 6 rings (SSSR count). The number of aldehydes is 2. The molecule has 0 saturated carbocycles. The van der Waals surface area contributed by atoms with E-state index in [4.69, 9.17) is 4.74 Å². The van der Waals surface area contributed by atoms with Crippen molar-refractivity contribution in [2.24, 2.45) is 0 Å². The van der Waals surface area contributed by atoms with Crippen molar-refractivity contribution in [3.63, 3.8) is 0 Å². The lowest BCUT2D eigenvalue weighted by Crippen LogP contribution is -2.09. The summed E-state index contributed by atoms with van der Waals surface area (Å²) in [5, 5.41) is 0. The third-order valence-electron chi connectivity index (χ3n) is 7.56. The van der Waals surface area contributed by atoms with Crippen LogP contribution in [0.1, 0.15) is 20.7 Å². The van der Waals surface area contributed by atoms with Crippen molar-refractivity contribution in [3.05, 3.63) is 157 Å². The molecular formula is C39H29NO3. The highest BCUT2D eigenvalue weighted by atomic mass is 16.5. The number of rotatable bonds is 9. The second-order valence-corrected chi connectivity index (χ2v) is 10.2. The van der Waals surface area contributed by atoms with E-state index in [1.54, 1.807) is 7.11 Å². The maximum absolute atomic E-state index is 11.1. The van der Waals surface area contributed by atoms with Crippen LogP contribution >= 0.6 is 0 Å².